The van der Waals surface area contributed by atoms with Gasteiger partial charge in [0.05, 0.1) is 17.5 Å². The number of benzene rings is 1. The molecule has 0 unspecified atom stereocenters. The summed E-state index contributed by atoms with van der Waals surface area (Å²) >= 11 is 0. The van der Waals surface area contributed by atoms with Gasteiger partial charge in [-0.3, -0.25) is 9.59 Å². The molecule has 2 bridgehead atoms. The lowest BCUT2D eigenvalue weighted by Gasteiger charge is -2.25. The fourth-order valence-corrected chi connectivity index (χ4v) is 3.90. The largest absolute Gasteiger partial charge is 0.486 e. The number of anilines is 1. The van der Waals surface area contributed by atoms with E-state index in [4.69, 9.17) is 9.47 Å². The Bertz CT molecular complexity index is 698. The smallest absolute Gasteiger partial charge is 0.307 e. The molecule has 1 amide bonds. The minimum absolute atomic E-state index is 0.00203. The van der Waals surface area contributed by atoms with Crippen LogP contribution in [-0.4, -0.2) is 30.2 Å². The number of fused-ring (bicyclic) bond motifs is 3. The Labute approximate surface area is 133 Å². The molecule has 0 saturated heterocycles. The summed E-state index contributed by atoms with van der Waals surface area (Å²) < 4.78 is 11.1. The van der Waals surface area contributed by atoms with E-state index in [1.54, 1.807) is 18.2 Å². The zero-order chi connectivity index (χ0) is 16.0. The Kier molecular flexibility index (Phi) is 3.25. The molecule has 0 aromatic heterocycles. The third-order valence-corrected chi connectivity index (χ3v) is 4.87. The van der Waals surface area contributed by atoms with Gasteiger partial charge in [-0.1, -0.05) is 18.2 Å². The molecule has 1 aromatic rings. The normalized spacial score (nSPS) is 30.3. The van der Waals surface area contributed by atoms with E-state index in [-0.39, 0.29) is 17.7 Å². The molecule has 1 aliphatic heterocycles. The number of allylic oxidation sites excluding steroid dienone is 2. The standard InChI is InChI=1S/C17H17NO5/c19-16(13-9-4-5-10(8-9)14(13)17(20)21)18-11-2-1-3-12-15(11)23-7-6-22-12/h1-5,9-10,13-14H,6-8H2,(H,18,19)(H,20,21)/t9-,10-,13-,14-/m0/s1. The third-order valence-electron chi connectivity index (χ3n) is 4.87. The summed E-state index contributed by atoms with van der Waals surface area (Å²) in [6.45, 7) is 0.900. The summed E-state index contributed by atoms with van der Waals surface area (Å²) in [4.78, 5) is 24.2. The van der Waals surface area contributed by atoms with Gasteiger partial charge in [-0.2, -0.15) is 0 Å². The molecule has 2 aliphatic carbocycles. The summed E-state index contributed by atoms with van der Waals surface area (Å²) in [5.41, 5.74) is 0.531. The van der Waals surface area contributed by atoms with Crippen molar-refractivity contribution in [3.05, 3.63) is 30.4 Å². The first kappa shape index (κ1) is 14.1. The monoisotopic (exact) mass is 315 g/mol. The van der Waals surface area contributed by atoms with E-state index in [0.717, 1.165) is 6.42 Å². The molecule has 3 aliphatic rings. The highest BCUT2D eigenvalue weighted by Crippen LogP contribution is 2.49. The molecule has 2 N–H and O–H groups in total. The predicted molar refractivity (Wildman–Crippen MR) is 81.4 cm³/mol. The molecule has 1 heterocycles. The van der Waals surface area contributed by atoms with E-state index in [9.17, 15) is 14.7 Å². The van der Waals surface area contributed by atoms with Crippen molar-refractivity contribution < 1.29 is 24.2 Å². The quantitative estimate of drug-likeness (QED) is 0.832. The second-order valence-electron chi connectivity index (χ2n) is 6.16. The fourth-order valence-electron chi connectivity index (χ4n) is 3.90. The van der Waals surface area contributed by atoms with Crippen LogP contribution in [0.1, 0.15) is 6.42 Å². The van der Waals surface area contributed by atoms with Gasteiger partial charge in [0.15, 0.2) is 11.5 Å². The van der Waals surface area contributed by atoms with Crippen LogP contribution in [0, 0.1) is 23.7 Å². The van der Waals surface area contributed by atoms with E-state index in [1.807, 2.05) is 12.2 Å². The lowest BCUT2D eigenvalue weighted by atomic mass is 9.82. The van der Waals surface area contributed by atoms with Crippen LogP contribution in [0.2, 0.25) is 0 Å². The van der Waals surface area contributed by atoms with Crippen molar-refractivity contribution in [2.24, 2.45) is 23.7 Å². The van der Waals surface area contributed by atoms with Crippen molar-refractivity contribution in [2.75, 3.05) is 18.5 Å². The minimum atomic E-state index is -0.906. The van der Waals surface area contributed by atoms with Crippen molar-refractivity contribution in [1.82, 2.24) is 0 Å². The van der Waals surface area contributed by atoms with Crippen molar-refractivity contribution in [2.45, 2.75) is 6.42 Å². The number of carboxylic acids is 1. The number of hydrogen-bond donors (Lipinski definition) is 2. The van der Waals surface area contributed by atoms with Gasteiger partial charge in [0.25, 0.3) is 0 Å². The van der Waals surface area contributed by atoms with Gasteiger partial charge in [-0.25, -0.2) is 0 Å². The van der Waals surface area contributed by atoms with Crippen LogP contribution >= 0.6 is 0 Å². The molecule has 6 nitrogen and oxygen atoms in total. The zero-order valence-corrected chi connectivity index (χ0v) is 12.4. The van der Waals surface area contributed by atoms with Crippen molar-refractivity contribution >= 4 is 17.6 Å². The number of nitrogens with one attached hydrogen (secondary N) is 1. The Morgan fingerprint density at radius 2 is 1.83 bits per heavy atom. The van der Waals surface area contributed by atoms with Crippen molar-refractivity contribution in [3.63, 3.8) is 0 Å². The molecule has 1 aromatic carbocycles. The first-order valence-electron chi connectivity index (χ1n) is 7.76. The van der Waals surface area contributed by atoms with Crippen LogP contribution in [0.25, 0.3) is 0 Å². The summed E-state index contributed by atoms with van der Waals surface area (Å²) in [7, 11) is 0. The summed E-state index contributed by atoms with van der Waals surface area (Å²) in [5.74, 6) is -1.30. The minimum Gasteiger partial charge on any atom is -0.486 e. The fraction of sp³-hybridized carbons (Fsp3) is 0.412. The number of aliphatic carboxylic acids is 1. The maximum atomic E-state index is 12.7. The number of hydrogen-bond acceptors (Lipinski definition) is 4. The zero-order valence-electron chi connectivity index (χ0n) is 12.4. The summed E-state index contributed by atoms with van der Waals surface area (Å²) in [5, 5.41) is 12.3. The van der Waals surface area contributed by atoms with Crippen LogP contribution in [0.5, 0.6) is 11.5 Å². The maximum Gasteiger partial charge on any atom is 0.307 e. The van der Waals surface area contributed by atoms with E-state index >= 15 is 0 Å². The molecule has 23 heavy (non-hydrogen) atoms. The molecule has 1 saturated carbocycles. The second-order valence-corrected chi connectivity index (χ2v) is 6.16. The number of amides is 1. The molecular formula is C17H17NO5. The van der Waals surface area contributed by atoms with Gasteiger partial charge in [0.1, 0.15) is 13.2 Å². The molecule has 0 spiro atoms. The summed E-state index contributed by atoms with van der Waals surface area (Å²) in [6, 6.07) is 5.30. The third kappa shape index (κ3) is 2.25. The summed E-state index contributed by atoms with van der Waals surface area (Å²) in [6.07, 6.45) is 4.63. The number of carbonyl (C=O) groups is 2. The maximum absolute atomic E-state index is 12.7. The molecular weight excluding hydrogens is 298 g/mol. The lowest BCUT2D eigenvalue weighted by Crippen LogP contribution is -2.36. The number of carboxylic acid groups (broad SMARTS) is 1. The topological polar surface area (TPSA) is 84.9 Å². The van der Waals surface area contributed by atoms with Gasteiger partial charge in [0, 0.05) is 0 Å². The van der Waals surface area contributed by atoms with Gasteiger partial charge in [-0.15, -0.1) is 0 Å². The van der Waals surface area contributed by atoms with Gasteiger partial charge in [0.2, 0.25) is 5.91 Å². The number of carbonyl (C=O) groups excluding carboxylic acids is 1. The molecule has 4 rings (SSSR count). The molecule has 0 radical (unpaired) electrons. The van der Waals surface area contributed by atoms with E-state index < -0.39 is 17.8 Å². The molecule has 1 fully saturated rings. The van der Waals surface area contributed by atoms with Gasteiger partial charge < -0.3 is 19.9 Å². The van der Waals surface area contributed by atoms with Crippen LogP contribution in [0.15, 0.2) is 30.4 Å². The number of para-hydroxylation sites is 1. The Hall–Kier alpha value is -2.50. The van der Waals surface area contributed by atoms with Gasteiger partial charge in [-0.05, 0) is 30.4 Å². The number of rotatable bonds is 3. The average Bonchev–Trinajstić information content (AvgIpc) is 3.16. The Morgan fingerprint density at radius 1 is 1.09 bits per heavy atom. The van der Waals surface area contributed by atoms with Crippen LogP contribution in [-0.2, 0) is 9.59 Å². The Balaban J connectivity index is 1.59. The Morgan fingerprint density at radius 3 is 2.61 bits per heavy atom. The van der Waals surface area contributed by atoms with Crippen LogP contribution < -0.4 is 14.8 Å². The van der Waals surface area contributed by atoms with E-state index in [0.29, 0.717) is 30.4 Å². The van der Waals surface area contributed by atoms with Crippen LogP contribution in [0.3, 0.4) is 0 Å². The SMILES string of the molecule is O=C(O)[C@@H]1[C@@H](C(=O)Nc2cccc3c2OCCO3)[C@H]2C=C[C@H]1C2. The second kappa shape index (κ2) is 5.30. The van der Waals surface area contributed by atoms with Gasteiger partial charge >= 0.3 is 5.97 Å². The average molecular weight is 315 g/mol. The highest BCUT2D eigenvalue weighted by atomic mass is 16.6. The lowest BCUT2D eigenvalue weighted by molar-refractivity contribution is -0.146. The first-order chi connectivity index (χ1) is 11.1. The molecule has 120 valence electrons. The van der Waals surface area contributed by atoms with E-state index in [1.165, 1.54) is 0 Å². The van der Waals surface area contributed by atoms with Crippen molar-refractivity contribution in [3.8, 4) is 11.5 Å². The van der Waals surface area contributed by atoms with Crippen LogP contribution in [0.4, 0.5) is 5.69 Å². The molecule has 6 heteroatoms. The first-order valence-corrected chi connectivity index (χ1v) is 7.76. The van der Waals surface area contributed by atoms with E-state index in [2.05, 4.69) is 5.32 Å². The van der Waals surface area contributed by atoms with Crippen molar-refractivity contribution in [1.29, 1.82) is 0 Å². The molecule has 4 atom stereocenters. The highest BCUT2D eigenvalue weighted by molar-refractivity contribution is 5.97. The highest BCUT2D eigenvalue weighted by Gasteiger charge is 2.51. The predicted octanol–water partition coefficient (Wildman–Crippen LogP) is 1.92. The number of ether oxygens (including phenoxy) is 2.